The fourth-order valence-corrected chi connectivity index (χ4v) is 4.18. The molecule has 0 atom stereocenters. The molecule has 0 saturated heterocycles. The number of carbonyl (C=O) groups is 1. The summed E-state index contributed by atoms with van der Waals surface area (Å²) in [5.41, 5.74) is 5.80. The Balaban J connectivity index is 1.59. The first-order valence-corrected chi connectivity index (χ1v) is 9.58. The standard InChI is InChI=1S/C23H26N2O3/c1-15-19(18-7-5-6-8-20(18)24(15)2)13-23(26)25-10-9-16-11-21(27-3)22(28-4)12-17(16)14-25/h5-8,11-12H,9-10,13-14H2,1-4H3. The summed E-state index contributed by atoms with van der Waals surface area (Å²) in [6.07, 6.45) is 1.26. The van der Waals surface area contributed by atoms with Crippen molar-refractivity contribution < 1.29 is 14.3 Å². The molecule has 3 aromatic rings. The maximum atomic E-state index is 13.1. The minimum absolute atomic E-state index is 0.167. The number of benzene rings is 2. The van der Waals surface area contributed by atoms with Gasteiger partial charge in [0, 0.05) is 36.7 Å². The molecule has 0 unspecified atom stereocenters. The molecule has 0 saturated carbocycles. The number of rotatable bonds is 4. The van der Waals surface area contributed by atoms with Crippen molar-refractivity contribution >= 4 is 16.8 Å². The molecule has 28 heavy (non-hydrogen) atoms. The molecule has 1 aliphatic rings. The first-order valence-electron chi connectivity index (χ1n) is 9.58. The van der Waals surface area contributed by atoms with Crippen molar-refractivity contribution in [3.8, 4) is 11.5 Å². The van der Waals surface area contributed by atoms with Crippen LogP contribution in [0, 0.1) is 6.92 Å². The van der Waals surface area contributed by atoms with Crippen LogP contribution in [-0.4, -0.2) is 36.1 Å². The molecule has 5 nitrogen and oxygen atoms in total. The second-order valence-electron chi connectivity index (χ2n) is 7.36. The van der Waals surface area contributed by atoms with E-state index >= 15 is 0 Å². The average molecular weight is 378 g/mol. The number of aryl methyl sites for hydroxylation is 1. The van der Waals surface area contributed by atoms with E-state index in [-0.39, 0.29) is 5.91 Å². The molecular formula is C23H26N2O3. The summed E-state index contributed by atoms with van der Waals surface area (Å²) in [6, 6.07) is 12.3. The minimum Gasteiger partial charge on any atom is -0.493 e. The monoisotopic (exact) mass is 378 g/mol. The van der Waals surface area contributed by atoms with Crippen LogP contribution in [0.3, 0.4) is 0 Å². The van der Waals surface area contributed by atoms with Crippen molar-refractivity contribution in [1.29, 1.82) is 0 Å². The number of ether oxygens (including phenoxy) is 2. The van der Waals surface area contributed by atoms with Gasteiger partial charge in [-0.1, -0.05) is 18.2 Å². The quantitative estimate of drug-likeness (QED) is 0.696. The van der Waals surface area contributed by atoms with Gasteiger partial charge < -0.3 is 18.9 Å². The molecule has 1 amide bonds. The van der Waals surface area contributed by atoms with E-state index < -0.39 is 0 Å². The van der Waals surface area contributed by atoms with Gasteiger partial charge in [-0.15, -0.1) is 0 Å². The Morgan fingerprint density at radius 3 is 2.46 bits per heavy atom. The van der Waals surface area contributed by atoms with Gasteiger partial charge in [0.25, 0.3) is 0 Å². The minimum atomic E-state index is 0.167. The number of hydrogen-bond donors (Lipinski definition) is 0. The molecule has 0 spiro atoms. The first-order chi connectivity index (χ1) is 13.5. The van der Waals surface area contributed by atoms with Gasteiger partial charge >= 0.3 is 0 Å². The van der Waals surface area contributed by atoms with Gasteiger partial charge in [-0.3, -0.25) is 4.79 Å². The van der Waals surface area contributed by atoms with Crippen LogP contribution in [0.2, 0.25) is 0 Å². The second-order valence-corrected chi connectivity index (χ2v) is 7.36. The van der Waals surface area contributed by atoms with Gasteiger partial charge in [0.05, 0.1) is 20.6 Å². The van der Waals surface area contributed by atoms with E-state index in [1.165, 1.54) is 16.5 Å². The summed E-state index contributed by atoms with van der Waals surface area (Å²) in [5, 5.41) is 1.17. The van der Waals surface area contributed by atoms with Gasteiger partial charge in [-0.2, -0.15) is 0 Å². The predicted octanol–water partition coefficient (Wildman–Crippen LogP) is 3.63. The molecule has 0 N–H and O–H groups in total. The number of amides is 1. The molecule has 1 aliphatic heterocycles. The van der Waals surface area contributed by atoms with E-state index in [0.717, 1.165) is 35.5 Å². The van der Waals surface area contributed by atoms with Crippen LogP contribution in [0.25, 0.3) is 10.9 Å². The Labute approximate surface area is 165 Å². The van der Waals surface area contributed by atoms with Gasteiger partial charge in [0.15, 0.2) is 11.5 Å². The SMILES string of the molecule is COc1cc2c(cc1OC)CN(C(=O)Cc1c(C)n(C)c3ccccc13)CC2. The number of aromatic nitrogens is 1. The number of carbonyl (C=O) groups excluding carboxylic acids is 1. The van der Waals surface area contributed by atoms with Gasteiger partial charge in [0.2, 0.25) is 5.91 Å². The number of nitrogens with zero attached hydrogens (tertiary/aromatic N) is 2. The van der Waals surface area contributed by atoms with E-state index in [2.05, 4.69) is 30.7 Å². The lowest BCUT2D eigenvalue weighted by atomic mass is 9.98. The van der Waals surface area contributed by atoms with Crippen molar-refractivity contribution in [2.45, 2.75) is 26.3 Å². The number of hydrogen-bond acceptors (Lipinski definition) is 3. The number of para-hydroxylation sites is 1. The normalized spacial score (nSPS) is 13.5. The summed E-state index contributed by atoms with van der Waals surface area (Å²) in [5.74, 6) is 1.62. The third-order valence-electron chi connectivity index (χ3n) is 5.93. The lowest BCUT2D eigenvalue weighted by Gasteiger charge is -2.30. The zero-order chi connectivity index (χ0) is 19.8. The van der Waals surface area contributed by atoms with Crippen LogP contribution in [0.4, 0.5) is 0 Å². The van der Waals surface area contributed by atoms with Crippen molar-refractivity contribution in [2.24, 2.45) is 7.05 Å². The highest BCUT2D eigenvalue weighted by molar-refractivity contribution is 5.90. The summed E-state index contributed by atoms with van der Waals surface area (Å²) in [4.78, 5) is 15.1. The van der Waals surface area contributed by atoms with Crippen LogP contribution < -0.4 is 9.47 Å². The second kappa shape index (κ2) is 7.23. The fraction of sp³-hybridized carbons (Fsp3) is 0.348. The molecule has 2 heterocycles. The molecule has 2 aromatic carbocycles. The summed E-state index contributed by atoms with van der Waals surface area (Å²) in [7, 11) is 5.34. The highest BCUT2D eigenvalue weighted by Gasteiger charge is 2.24. The molecule has 146 valence electrons. The molecular weight excluding hydrogens is 352 g/mol. The van der Waals surface area contributed by atoms with Crippen LogP contribution in [0.5, 0.6) is 11.5 Å². The smallest absolute Gasteiger partial charge is 0.227 e. The molecule has 1 aromatic heterocycles. The van der Waals surface area contributed by atoms with Crippen LogP contribution in [-0.2, 0) is 31.2 Å². The zero-order valence-corrected chi connectivity index (χ0v) is 16.9. The number of fused-ring (bicyclic) bond motifs is 2. The van der Waals surface area contributed by atoms with E-state index in [9.17, 15) is 4.79 Å². The summed E-state index contributed by atoms with van der Waals surface area (Å²) < 4.78 is 13.0. The molecule has 0 bridgehead atoms. The maximum absolute atomic E-state index is 13.1. The van der Waals surface area contributed by atoms with Crippen LogP contribution in [0.1, 0.15) is 22.4 Å². The van der Waals surface area contributed by atoms with E-state index in [1.807, 2.05) is 29.2 Å². The molecule has 5 heteroatoms. The predicted molar refractivity (Wildman–Crippen MR) is 110 cm³/mol. The summed E-state index contributed by atoms with van der Waals surface area (Å²) >= 11 is 0. The van der Waals surface area contributed by atoms with E-state index in [1.54, 1.807) is 14.2 Å². The average Bonchev–Trinajstić information content (AvgIpc) is 2.97. The van der Waals surface area contributed by atoms with E-state index in [0.29, 0.717) is 18.7 Å². The van der Waals surface area contributed by atoms with Gasteiger partial charge in [-0.05, 0) is 48.2 Å². The van der Waals surface area contributed by atoms with Crippen LogP contribution >= 0.6 is 0 Å². The fourth-order valence-electron chi connectivity index (χ4n) is 4.18. The Hall–Kier alpha value is -2.95. The van der Waals surface area contributed by atoms with Gasteiger partial charge in [-0.25, -0.2) is 0 Å². The Morgan fingerprint density at radius 2 is 1.75 bits per heavy atom. The molecule has 0 aliphatic carbocycles. The van der Waals surface area contributed by atoms with Crippen molar-refractivity contribution in [2.75, 3.05) is 20.8 Å². The lowest BCUT2D eigenvalue weighted by molar-refractivity contribution is -0.131. The zero-order valence-electron chi connectivity index (χ0n) is 16.9. The highest BCUT2D eigenvalue weighted by Crippen LogP contribution is 2.33. The highest BCUT2D eigenvalue weighted by atomic mass is 16.5. The van der Waals surface area contributed by atoms with Crippen molar-refractivity contribution in [3.05, 3.63) is 58.8 Å². The van der Waals surface area contributed by atoms with Crippen molar-refractivity contribution in [3.63, 3.8) is 0 Å². The van der Waals surface area contributed by atoms with E-state index in [4.69, 9.17) is 9.47 Å². The van der Waals surface area contributed by atoms with Gasteiger partial charge in [0.1, 0.15) is 0 Å². The topological polar surface area (TPSA) is 43.7 Å². The number of methoxy groups -OCH3 is 2. The molecule has 0 radical (unpaired) electrons. The lowest BCUT2D eigenvalue weighted by Crippen LogP contribution is -2.37. The maximum Gasteiger partial charge on any atom is 0.227 e. The Bertz CT molecular complexity index is 1050. The third kappa shape index (κ3) is 3.01. The largest absolute Gasteiger partial charge is 0.493 e. The first kappa shape index (κ1) is 18.4. The summed E-state index contributed by atoms with van der Waals surface area (Å²) in [6.45, 7) is 3.43. The molecule has 0 fully saturated rings. The third-order valence-corrected chi connectivity index (χ3v) is 5.93. The molecule has 4 rings (SSSR count). The Kier molecular flexibility index (Phi) is 4.75. The van der Waals surface area contributed by atoms with Crippen LogP contribution in [0.15, 0.2) is 36.4 Å². The Morgan fingerprint density at radius 1 is 1.07 bits per heavy atom. The van der Waals surface area contributed by atoms with Crippen molar-refractivity contribution in [1.82, 2.24) is 9.47 Å².